The van der Waals surface area contributed by atoms with Crippen molar-refractivity contribution in [3.05, 3.63) is 117 Å². The standard InChI is InChI=1S/C29H22F3N5O2/c1-2-36-15-20-12-24(19-10-21(30)13-22(31)11-19)37-27(26(20)35-36)34-28(38)23(29(37)39)9-16-3-5-17(6-4-16)18-7-8-25(32)33-14-18/h3-8,10-11,13-15,24,38H,2,9,12H2,1H3/t24-/m0/s1. The number of fused-ring (bicyclic) bond motifs is 3. The van der Waals surface area contributed by atoms with E-state index in [-0.39, 0.29) is 29.8 Å². The molecule has 0 spiro atoms. The zero-order valence-electron chi connectivity index (χ0n) is 20.8. The van der Waals surface area contributed by atoms with Crippen molar-refractivity contribution in [2.45, 2.75) is 32.4 Å². The summed E-state index contributed by atoms with van der Waals surface area (Å²) in [5.74, 6) is -2.36. The van der Waals surface area contributed by atoms with Gasteiger partial charge in [-0.1, -0.05) is 24.3 Å². The molecule has 1 aliphatic rings. The predicted octanol–water partition coefficient (Wildman–Crippen LogP) is 5.05. The highest BCUT2D eigenvalue weighted by Crippen LogP contribution is 2.36. The van der Waals surface area contributed by atoms with E-state index in [0.717, 1.165) is 28.3 Å². The molecule has 0 unspecified atom stereocenters. The molecule has 196 valence electrons. The van der Waals surface area contributed by atoms with Crippen LogP contribution in [0.3, 0.4) is 0 Å². The molecule has 0 bridgehead atoms. The molecule has 1 atom stereocenters. The number of aromatic nitrogens is 5. The average molecular weight is 530 g/mol. The van der Waals surface area contributed by atoms with Crippen molar-refractivity contribution < 1.29 is 18.3 Å². The molecule has 0 saturated carbocycles. The summed E-state index contributed by atoms with van der Waals surface area (Å²) < 4.78 is 44.6. The Morgan fingerprint density at radius 1 is 1.00 bits per heavy atom. The van der Waals surface area contributed by atoms with E-state index in [4.69, 9.17) is 0 Å². The lowest BCUT2D eigenvalue weighted by Gasteiger charge is -2.27. The van der Waals surface area contributed by atoms with Crippen LogP contribution in [0.2, 0.25) is 0 Å². The Morgan fingerprint density at radius 3 is 2.38 bits per heavy atom. The Balaban J connectivity index is 1.44. The quantitative estimate of drug-likeness (QED) is 0.322. The predicted molar refractivity (Wildman–Crippen MR) is 138 cm³/mol. The summed E-state index contributed by atoms with van der Waals surface area (Å²) in [4.78, 5) is 21.9. The third kappa shape index (κ3) is 4.47. The smallest absolute Gasteiger partial charge is 0.261 e. The molecule has 39 heavy (non-hydrogen) atoms. The van der Waals surface area contributed by atoms with Crippen molar-refractivity contribution in [1.82, 2.24) is 24.3 Å². The summed E-state index contributed by atoms with van der Waals surface area (Å²) in [6.45, 7) is 2.49. The van der Waals surface area contributed by atoms with Gasteiger partial charge in [0.15, 0.2) is 5.82 Å². The van der Waals surface area contributed by atoms with Crippen LogP contribution in [0.25, 0.3) is 22.6 Å². The van der Waals surface area contributed by atoms with E-state index < -0.39 is 35.1 Å². The molecular weight excluding hydrogens is 507 g/mol. The largest absolute Gasteiger partial charge is 0.493 e. The zero-order valence-corrected chi connectivity index (χ0v) is 20.8. The van der Waals surface area contributed by atoms with Crippen LogP contribution in [-0.2, 0) is 19.4 Å². The Labute approximate surface area is 220 Å². The van der Waals surface area contributed by atoms with Gasteiger partial charge in [0.2, 0.25) is 11.8 Å². The van der Waals surface area contributed by atoms with Crippen molar-refractivity contribution in [2.24, 2.45) is 0 Å². The first-order chi connectivity index (χ1) is 18.8. The van der Waals surface area contributed by atoms with Crippen molar-refractivity contribution in [3.63, 3.8) is 0 Å². The van der Waals surface area contributed by atoms with Gasteiger partial charge >= 0.3 is 0 Å². The summed E-state index contributed by atoms with van der Waals surface area (Å²) in [6, 6.07) is 12.5. The first kappa shape index (κ1) is 24.6. The van der Waals surface area contributed by atoms with Crippen LogP contribution < -0.4 is 5.56 Å². The van der Waals surface area contributed by atoms with Crippen LogP contribution in [0.15, 0.2) is 71.8 Å². The van der Waals surface area contributed by atoms with Crippen LogP contribution in [0, 0.1) is 17.6 Å². The molecule has 6 rings (SSSR count). The van der Waals surface area contributed by atoms with E-state index >= 15 is 0 Å². The number of hydrogen-bond donors (Lipinski definition) is 1. The van der Waals surface area contributed by atoms with Gasteiger partial charge in [0.05, 0.1) is 11.6 Å². The van der Waals surface area contributed by atoms with Gasteiger partial charge in [0.25, 0.3) is 5.56 Å². The highest BCUT2D eigenvalue weighted by atomic mass is 19.1. The molecule has 2 aromatic carbocycles. The molecule has 3 aromatic heterocycles. The number of hydrogen-bond acceptors (Lipinski definition) is 5. The lowest BCUT2D eigenvalue weighted by atomic mass is 9.94. The van der Waals surface area contributed by atoms with Gasteiger partial charge in [-0.25, -0.2) is 13.8 Å². The third-order valence-corrected chi connectivity index (χ3v) is 6.95. The number of rotatable bonds is 5. The molecule has 1 aliphatic heterocycles. The second kappa shape index (κ2) is 9.54. The molecule has 0 fully saturated rings. The summed E-state index contributed by atoms with van der Waals surface area (Å²) in [5, 5.41) is 15.4. The molecule has 4 heterocycles. The Kier molecular flexibility index (Phi) is 6.02. The SMILES string of the molecule is CCn1cc2c(n1)-c1nc(O)c(Cc3ccc(-c4ccc(F)nc4)cc3)c(=O)n1[C@H](c1cc(F)cc(F)c1)C2. The maximum atomic E-state index is 14.2. The normalized spacial score (nSPS) is 14.2. The minimum atomic E-state index is -0.752. The van der Waals surface area contributed by atoms with E-state index in [1.807, 2.05) is 25.3 Å². The van der Waals surface area contributed by atoms with E-state index in [0.29, 0.717) is 12.2 Å². The number of aryl methyl sites for hydroxylation is 1. The summed E-state index contributed by atoms with van der Waals surface area (Å²) in [7, 11) is 0. The van der Waals surface area contributed by atoms with Gasteiger partial charge in [-0.3, -0.25) is 14.0 Å². The van der Waals surface area contributed by atoms with Gasteiger partial charge in [-0.15, -0.1) is 0 Å². The van der Waals surface area contributed by atoms with Crippen LogP contribution in [0.4, 0.5) is 13.2 Å². The maximum absolute atomic E-state index is 14.2. The minimum absolute atomic E-state index is 0.0511. The molecule has 0 amide bonds. The summed E-state index contributed by atoms with van der Waals surface area (Å²) in [5.41, 5.74) is 3.28. The van der Waals surface area contributed by atoms with Gasteiger partial charge < -0.3 is 5.11 Å². The molecule has 1 N–H and O–H groups in total. The molecule has 10 heteroatoms. The maximum Gasteiger partial charge on any atom is 0.261 e. The first-order valence-corrected chi connectivity index (χ1v) is 12.4. The molecule has 0 radical (unpaired) electrons. The number of nitrogens with zero attached hydrogens (tertiary/aromatic N) is 5. The summed E-state index contributed by atoms with van der Waals surface area (Å²) in [6.07, 6.45) is 3.59. The number of pyridine rings is 1. The monoisotopic (exact) mass is 529 g/mol. The van der Waals surface area contributed by atoms with Crippen LogP contribution >= 0.6 is 0 Å². The molecule has 0 aliphatic carbocycles. The fraction of sp³-hybridized carbons (Fsp3) is 0.172. The second-order valence-corrected chi connectivity index (χ2v) is 9.44. The Hall–Kier alpha value is -4.73. The van der Waals surface area contributed by atoms with Gasteiger partial charge in [-0.05, 0) is 47.9 Å². The molecule has 0 saturated heterocycles. The number of benzene rings is 2. The number of aromatic hydroxyl groups is 1. The fourth-order valence-electron chi connectivity index (χ4n) is 5.03. The van der Waals surface area contributed by atoms with Crippen molar-refractivity contribution in [2.75, 3.05) is 0 Å². The van der Waals surface area contributed by atoms with Crippen molar-refractivity contribution >= 4 is 0 Å². The van der Waals surface area contributed by atoms with Crippen LogP contribution in [-0.4, -0.2) is 29.4 Å². The van der Waals surface area contributed by atoms with Crippen molar-refractivity contribution in [3.8, 4) is 28.5 Å². The Morgan fingerprint density at radius 2 is 1.72 bits per heavy atom. The van der Waals surface area contributed by atoms with Gasteiger partial charge in [0.1, 0.15) is 17.3 Å². The van der Waals surface area contributed by atoms with Crippen molar-refractivity contribution in [1.29, 1.82) is 0 Å². The van der Waals surface area contributed by atoms with E-state index in [1.165, 1.54) is 29.0 Å². The fourth-order valence-corrected chi connectivity index (χ4v) is 5.03. The highest BCUT2D eigenvalue weighted by molar-refractivity contribution is 5.63. The zero-order chi connectivity index (χ0) is 27.3. The third-order valence-electron chi connectivity index (χ3n) is 6.95. The second-order valence-electron chi connectivity index (χ2n) is 9.44. The highest BCUT2D eigenvalue weighted by Gasteiger charge is 2.33. The Bertz CT molecular complexity index is 1740. The van der Waals surface area contributed by atoms with E-state index in [2.05, 4.69) is 15.1 Å². The first-order valence-electron chi connectivity index (χ1n) is 12.4. The molecular formula is C29H22F3N5O2. The van der Waals surface area contributed by atoms with Gasteiger partial charge in [0, 0.05) is 49.0 Å². The van der Waals surface area contributed by atoms with E-state index in [9.17, 15) is 23.1 Å². The molecule has 7 nitrogen and oxygen atoms in total. The lowest BCUT2D eigenvalue weighted by molar-refractivity contribution is 0.432. The van der Waals surface area contributed by atoms with Crippen LogP contribution in [0.5, 0.6) is 5.88 Å². The lowest BCUT2D eigenvalue weighted by Crippen LogP contribution is -2.34. The topological polar surface area (TPSA) is 85.8 Å². The van der Waals surface area contributed by atoms with Gasteiger partial charge in [-0.2, -0.15) is 14.5 Å². The minimum Gasteiger partial charge on any atom is -0.493 e. The number of halogens is 3. The van der Waals surface area contributed by atoms with E-state index in [1.54, 1.807) is 22.9 Å². The summed E-state index contributed by atoms with van der Waals surface area (Å²) >= 11 is 0. The van der Waals surface area contributed by atoms with Crippen LogP contribution in [0.1, 0.15) is 35.2 Å². The molecule has 5 aromatic rings. The average Bonchev–Trinajstić information content (AvgIpc) is 3.34.